The van der Waals surface area contributed by atoms with Crippen molar-refractivity contribution >= 4 is 0 Å². The third kappa shape index (κ3) is 4.29. The summed E-state index contributed by atoms with van der Waals surface area (Å²) >= 11 is 0. The number of nitrogens with zero attached hydrogens (tertiary/aromatic N) is 1. The summed E-state index contributed by atoms with van der Waals surface area (Å²) in [6.45, 7) is 1.63. The molecule has 0 saturated carbocycles. The standard InChI is InChI=1S/C14H23NO4/c1-15(7-8-16)6-5-12-13(18-3)9-11(17-2)10-14(12)19-4/h9-10,16H,5-8H2,1-4H3. The molecule has 0 fully saturated rings. The summed E-state index contributed by atoms with van der Waals surface area (Å²) < 4.78 is 16.0. The number of hydrogen-bond acceptors (Lipinski definition) is 5. The number of ether oxygens (including phenoxy) is 3. The van der Waals surface area contributed by atoms with Gasteiger partial charge >= 0.3 is 0 Å². The molecule has 0 unspecified atom stereocenters. The molecule has 0 bridgehead atoms. The van der Waals surface area contributed by atoms with Gasteiger partial charge in [-0.3, -0.25) is 0 Å². The maximum absolute atomic E-state index is 8.90. The summed E-state index contributed by atoms with van der Waals surface area (Å²) in [5, 5.41) is 8.90. The molecule has 5 nitrogen and oxygen atoms in total. The molecule has 0 saturated heterocycles. The van der Waals surface area contributed by atoms with E-state index in [-0.39, 0.29) is 6.61 Å². The summed E-state index contributed by atoms with van der Waals surface area (Å²) in [6, 6.07) is 3.70. The summed E-state index contributed by atoms with van der Waals surface area (Å²) in [7, 11) is 6.85. The highest BCUT2D eigenvalue weighted by molar-refractivity contribution is 5.50. The molecule has 0 atom stereocenters. The van der Waals surface area contributed by atoms with Crippen molar-refractivity contribution in [3.05, 3.63) is 17.7 Å². The van der Waals surface area contributed by atoms with E-state index in [0.717, 1.165) is 30.0 Å². The quantitative estimate of drug-likeness (QED) is 0.768. The first-order valence-electron chi connectivity index (χ1n) is 6.24. The van der Waals surface area contributed by atoms with E-state index in [2.05, 4.69) is 4.90 Å². The van der Waals surface area contributed by atoms with Gasteiger partial charge in [-0.15, -0.1) is 0 Å². The Hall–Kier alpha value is -1.46. The van der Waals surface area contributed by atoms with Crippen LogP contribution in [0, 0.1) is 0 Å². The van der Waals surface area contributed by atoms with Crippen LogP contribution >= 0.6 is 0 Å². The Morgan fingerprint density at radius 3 is 2.00 bits per heavy atom. The Kier molecular flexibility index (Phi) is 6.45. The number of methoxy groups -OCH3 is 3. The van der Waals surface area contributed by atoms with Crippen LogP contribution in [0.15, 0.2) is 12.1 Å². The van der Waals surface area contributed by atoms with Crippen molar-refractivity contribution in [2.24, 2.45) is 0 Å². The van der Waals surface area contributed by atoms with Gasteiger partial charge in [-0.2, -0.15) is 0 Å². The third-order valence-electron chi connectivity index (χ3n) is 3.04. The summed E-state index contributed by atoms with van der Waals surface area (Å²) in [4.78, 5) is 2.06. The van der Waals surface area contributed by atoms with E-state index in [0.29, 0.717) is 12.3 Å². The maximum atomic E-state index is 8.90. The molecule has 1 aromatic rings. The zero-order valence-electron chi connectivity index (χ0n) is 12.1. The molecule has 5 heteroatoms. The minimum Gasteiger partial charge on any atom is -0.496 e. The maximum Gasteiger partial charge on any atom is 0.129 e. The molecule has 0 aliphatic carbocycles. The van der Waals surface area contributed by atoms with Crippen LogP contribution in [0.1, 0.15) is 5.56 Å². The van der Waals surface area contributed by atoms with Crippen LogP contribution in [0.25, 0.3) is 0 Å². The van der Waals surface area contributed by atoms with Gasteiger partial charge in [0.1, 0.15) is 17.2 Å². The number of aliphatic hydroxyl groups excluding tert-OH is 1. The number of rotatable bonds is 8. The third-order valence-corrected chi connectivity index (χ3v) is 3.04. The van der Waals surface area contributed by atoms with Gasteiger partial charge in [0.2, 0.25) is 0 Å². The molecule has 0 aliphatic rings. The molecule has 0 aliphatic heterocycles. The number of likely N-dealkylation sites (N-methyl/N-ethyl adjacent to an activating group) is 1. The first kappa shape index (κ1) is 15.6. The van der Waals surface area contributed by atoms with Crippen LogP contribution in [0.5, 0.6) is 17.2 Å². The van der Waals surface area contributed by atoms with Crippen LogP contribution in [-0.2, 0) is 6.42 Å². The average molecular weight is 269 g/mol. The Morgan fingerprint density at radius 2 is 1.58 bits per heavy atom. The van der Waals surface area contributed by atoms with Crippen LogP contribution in [0.2, 0.25) is 0 Å². The Bertz CT molecular complexity index is 370. The van der Waals surface area contributed by atoms with E-state index < -0.39 is 0 Å². The Labute approximate surface area is 114 Å². The lowest BCUT2D eigenvalue weighted by Gasteiger charge is -2.18. The second-order valence-electron chi connectivity index (χ2n) is 4.29. The van der Waals surface area contributed by atoms with E-state index in [9.17, 15) is 0 Å². The van der Waals surface area contributed by atoms with Crippen LogP contribution in [0.3, 0.4) is 0 Å². The Morgan fingerprint density at radius 1 is 1.00 bits per heavy atom. The highest BCUT2D eigenvalue weighted by Crippen LogP contribution is 2.34. The predicted molar refractivity (Wildman–Crippen MR) is 74.4 cm³/mol. The largest absolute Gasteiger partial charge is 0.496 e. The number of benzene rings is 1. The van der Waals surface area contributed by atoms with Gasteiger partial charge in [0.05, 0.1) is 27.9 Å². The summed E-state index contributed by atoms with van der Waals surface area (Å²) in [5.41, 5.74) is 1.01. The molecule has 0 radical (unpaired) electrons. The highest BCUT2D eigenvalue weighted by atomic mass is 16.5. The van der Waals surface area contributed by atoms with E-state index in [1.165, 1.54) is 0 Å². The Balaban J connectivity index is 2.90. The first-order valence-corrected chi connectivity index (χ1v) is 6.24. The number of hydrogen-bond donors (Lipinski definition) is 1. The van der Waals surface area contributed by atoms with Gasteiger partial charge in [0, 0.05) is 30.8 Å². The van der Waals surface area contributed by atoms with E-state index in [1.54, 1.807) is 21.3 Å². The SMILES string of the molecule is COc1cc(OC)c(CCN(C)CCO)c(OC)c1. The van der Waals surface area contributed by atoms with Crippen LogP contribution in [-0.4, -0.2) is 58.1 Å². The molecule has 0 aromatic heterocycles. The van der Waals surface area contributed by atoms with E-state index in [4.69, 9.17) is 19.3 Å². The van der Waals surface area contributed by atoms with Crippen molar-refractivity contribution in [3.63, 3.8) is 0 Å². The lowest BCUT2D eigenvalue weighted by Crippen LogP contribution is -2.24. The van der Waals surface area contributed by atoms with Gasteiger partial charge in [-0.05, 0) is 13.5 Å². The topological polar surface area (TPSA) is 51.2 Å². The second kappa shape index (κ2) is 7.86. The normalized spacial score (nSPS) is 10.6. The minimum atomic E-state index is 0.160. The molecule has 19 heavy (non-hydrogen) atoms. The van der Waals surface area contributed by atoms with E-state index >= 15 is 0 Å². The molecule has 1 rings (SSSR count). The average Bonchev–Trinajstić information content (AvgIpc) is 2.44. The zero-order chi connectivity index (χ0) is 14.3. The smallest absolute Gasteiger partial charge is 0.129 e. The van der Waals surface area contributed by atoms with Gasteiger partial charge in [0.15, 0.2) is 0 Å². The molecular weight excluding hydrogens is 246 g/mol. The van der Waals surface area contributed by atoms with Gasteiger partial charge in [-0.1, -0.05) is 0 Å². The molecular formula is C14H23NO4. The van der Waals surface area contributed by atoms with Crippen molar-refractivity contribution in [3.8, 4) is 17.2 Å². The lowest BCUT2D eigenvalue weighted by molar-refractivity contribution is 0.222. The second-order valence-corrected chi connectivity index (χ2v) is 4.29. The van der Waals surface area contributed by atoms with Gasteiger partial charge < -0.3 is 24.2 Å². The monoisotopic (exact) mass is 269 g/mol. The first-order chi connectivity index (χ1) is 9.15. The van der Waals surface area contributed by atoms with Crippen LogP contribution < -0.4 is 14.2 Å². The molecule has 0 spiro atoms. The van der Waals surface area contributed by atoms with Crippen molar-refractivity contribution < 1.29 is 19.3 Å². The molecule has 0 heterocycles. The van der Waals surface area contributed by atoms with E-state index in [1.807, 2.05) is 19.2 Å². The summed E-state index contributed by atoms with van der Waals surface area (Å²) in [6.07, 6.45) is 0.785. The summed E-state index contributed by atoms with van der Waals surface area (Å²) in [5.74, 6) is 2.23. The lowest BCUT2D eigenvalue weighted by atomic mass is 10.1. The molecule has 1 aromatic carbocycles. The van der Waals surface area contributed by atoms with Gasteiger partial charge in [0.25, 0.3) is 0 Å². The predicted octanol–water partition coefficient (Wildman–Crippen LogP) is 1.18. The fourth-order valence-corrected chi connectivity index (χ4v) is 1.91. The number of aliphatic hydroxyl groups is 1. The van der Waals surface area contributed by atoms with Crippen molar-refractivity contribution in [2.45, 2.75) is 6.42 Å². The van der Waals surface area contributed by atoms with Gasteiger partial charge in [-0.25, -0.2) is 0 Å². The molecule has 108 valence electrons. The minimum absolute atomic E-state index is 0.160. The van der Waals surface area contributed by atoms with Crippen molar-refractivity contribution in [2.75, 3.05) is 48.1 Å². The van der Waals surface area contributed by atoms with Crippen molar-refractivity contribution in [1.29, 1.82) is 0 Å². The molecule has 0 amide bonds. The van der Waals surface area contributed by atoms with Crippen LogP contribution in [0.4, 0.5) is 0 Å². The fourth-order valence-electron chi connectivity index (χ4n) is 1.91. The molecule has 1 N–H and O–H groups in total. The highest BCUT2D eigenvalue weighted by Gasteiger charge is 2.13. The van der Waals surface area contributed by atoms with Crippen molar-refractivity contribution in [1.82, 2.24) is 4.90 Å². The fraction of sp³-hybridized carbons (Fsp3) is 0.571. The zero-order valence-corrected chi connectivity index (χ0v) is 12.1.